The molecule has 6 nitrogen and oxygen atoms in total. The van der Waals surface area contributed by atoms with Crippen LogP contribution in [0.25, 0.3) is 0 Å². The molecule has 4 rings (SSSR count). The van der Waals surface area contributed by atoms with E-state index >= 15 is 0 Å². The van der Waals surface area contributed by atoms with E-state index in [1.807, 2.05) is 0 Å². The van der Waals surface area contributed by atoms with Crippen molar-refractivity contribution in [2.45, 2.75) is 38.6 Å². The second kappa shape index (κ2) is 7.47. The van der Waals surface area contributed by atoms with Crippen molar-refractivity contribution < 1.29 is 14.3 Å². The Kier molecular flexibility index (Phi) is 5.04. The van der Waals surface area contributed by atoms with Crippen molar-refractivity contribution in [1.29, 1.82) is 5.26 Å². The Hall–Kier alpha value is -2.14. The molecule has 0 saturated carbocycles. The summed E-state index contributed by atoms with van der Waals surface area (Å²) in [6, 6.07) is 4.33. The molecule has 1 atom stereocenters. The van der Waals surface area contributed by atoms with Gasteiger partial charge in [-0.05, 0) is 25.0 Å². The average molecular weight is 385 g/mol. The molecule has 0 radical (unpaired) electrons. The fourth-order valence-corrected chi connectivity index (χ4v) is 5.15. The van der Waals surface area contributed by atoms with E-state index in [4.69, 9.17) is 15.2 Å². The molecule has 2 N–H and O–H groups in total. The van der Waals surface area contributed by atoms with Crippen molar-refractivity contribution in [1.82, 2.24) is 4.90 Å². The van der Waals surface area contributed by atoms with Crippen molar-refractivity contribution >= 4 is 17.1 Å². The van der Waals surface area contributed by atoms with Gasteiger partial charge in [0.2, 0.25) is 5.88 Å². The molecule has 3 heterocycles. The first kappa shape index (κ1) is 18.2. The van der Waals surface area contributed by atoms with Crippen LogP contribution < -0.4 is 5.73 Å². The minimum Gasteiger partial charge on any atom is -0.444 e. The Morgan fingerprint density at radius 3 is 2.89 bits per heavy atom. The zero-order valence-electron chi connectivity index (χ0n) is 15.4. The van der Waals surface area contributed by atoms with Gasteiger partial charge in [0.1, 0.15) is 17.4 Å². The lowest BCUT2D eigenvalue weighted by Crippen LogP contribution is -2.35. The van der Waals surface area contributed by atoms with Crippen LogP contribution in [0.1, 0.15) is 40.5 Å². The second-order valence-corrected chi connectivity index (χ2v) is 8.44. The number of morpholine rings is 1. The first-order valence-corrected chi connectivity index (χ1v) is 10.1. The first-order chi connectivity index (χ1) is 13.1. The molecular formula is C20H23N3O3S. The topological polar surface area (TPSA) is 88.6 Å². The van der Waals surface area contributed by atoms with Crippen LogP contribution in [0.2, 0.25) is 0 Å². The van der Waals surface area contributed by atoms with E-state index in [2.05, 4.69) is 24.0 Å². The van der Waals surface area contributed by atoms with Crippen LogP contribution in [0.3, 0.4) is 0 Å². The van der Waals surface area contributed by atoms with Gasteiger partial charge in [-0.1, -0.05) is 0 Å². The molecule has 1 saturated heterocycles. The fraction of sp³-hybridized carbons (Fsp3) is 0.500. The highest BCUT2D eigenvalue weighted by atomic mass is 32.1. The number of nitrogens with two attached hydrogens (primary N) is 1. The molecule has 0 unspecified atom stereocenters. The second-order valence-electron chi connectivity index (χ2n) is 7.16. The molecule has 1 aromatic heterocycles. The maximum Gasteiger partial charge on any atom is 0.205 e. The molecule has 27 heavy (non-hydrogen) atoms. The number of aryl methyl sites for hydroxylation is 1. The standard InChI is InChI=1S/C20H23N3O3S/c1-12-13(11-23-5-7-25-8-6-23)9-17(27-12)18-14(10-21)20(22)26-16-4-2-3-15(24)19(16)18/h9,18H,2-8,11,22H2,1H3/t18-/m0/s1. The Morgan fingerprint density at radius 2 is 2.15 bits per heavy atom. The van der Waals surface area contributed by atoms with E-state index in [0.29, 0.717) is 29.7 Å². The van der Waals surface area contributed by atoms with Gasteiger partial charge in [-0.2, -0.15) is 5.26 Å². The lowest BCUT2D eigenvalue weighted by atomic mass is 9.80. The van der Waals surface area contributed by atoms with Crippen LogP contribution in [0.4, 0.5) is 0 Å². The summed E-state index contributed by atoms with van der Waals surface area (Å²) >= 11 is 1.65. The monoisotopic (exact) mass is 385 g/mol. The van der Waals surface area contributed by atoms with Gasteiger partial charge < -0.3 is 15.2 Å². The molecule has 1 aromatic rings. The number of nitriles is 1. The number of thiophene rings is 1. The summed E-state index contributed by atoms with van der Waals surface area (Å²) in [6.07, 6.45) is 1.97. The van der Waals surface area contributed by atoms with Crippen LogP contribution in [-0.4, -0.2) is 37.0 Å². The van der Waals surface area contributed by atoms with Crippen LogP contribution in [0, 0.1) is 18.3 Å². The molecule has 0 amide bonds. The number of hydrogen-bond acceptors (Lipinski definition) is 7. The minimum absolute atomic E-state index is 0.0716. The number of nitrogens with zero attached hydrogens (tertiary/aromatic N) is 2. The minimum atomic E-state index is -0.395. The Bertz CT molecular complexity index is 872. The lowest BCUT2D eigenvalue weighted by molar-refractivity contribution is -0.116. The summed E-state index contributed by atoms with van der Waals surface area (Å²) in [5, 5.41) is 9.69. The Morgan fingerprint density at radius 1 is 1.37 bits per heavy atom. The van der Waals surface area contributed by atoms with Gasteiger partial charge in [0.05, 0.1) is 19.1 Å². The molecular weight excluding hydrogens is 362 g/mol. The highest BCUT2D eigenvalue weighted by Gasteiger charge is 2.39. The van der Waals surface area contributed by atoms with E-state index < -0.39 is 5.92 Å². The van der Waals surface area contributed by atoms with Gasteiger partial charge in [0.25, 0.3) is 0 Å². The highest BCUT2D eigenvalue weighted by Crippen LogP contribution is 2.45. The molecule has 142 valence electrons. The van der Waals surface area contributed by atoms with Gasteiger partial charge in [0, 0.05) is 47.8 Å². The summed E-state index contributed by atoms with van der Waals surface area (Å²) in [5.74, 6) is 0.459. The number of rotatable bonds is 3. The number of ketones is 1. The summed E-state index contributed by atoms with van der Waals surface area (Å²) in [5.41, 5.74) is 8.26. The van der Waals surface area contributed by atoms with E-state index in [-0.39, 0.29) is 11.7 Å². The van der Waals surface area contributed by atoms with Crippen molar-refractivity contribution in [3.63, 3.8) is 0 Å². The van der Waals surface area contributed by atoms with Crippen LogP contribution in [0.15, 0.2) is 28.9 Å². The third kappa shape index (κ3) is 3.41. The van der Waals surface area contributed by atoms with Gasteiger partial charge in [-0.25, -0.2) is 0 Å². The normalized spacial score (nSPS) is 23.9. The van der Waals surface area contributed by atoms with Crippen LogP contribution in [-0.2, 0) is 20.8 Å². The SMILES string of the molecule is Cc1sc([C@@H]2C(C#N)=C(N)OC3=C2C(=O)CCC3)cc1CN1CCOCC1. The third-order valence-corrected chi connectivity index (χ3v) is 6.58. The summed E-state index contributed by atoms with van der Waals surface area (Å²) in [6.45, 7) is 6.32. The quantitative estimate of drug-likeness (QED) is 0.861. The smallest absolute Gasteiger partial charge is 0.205 e. The molecule has 1 fully saturated rings. The number of allylic oxidation sites excluding steroid dienone is 3. The van der Waals surface area contributed by atoms with Crippen molar-refractivity contribution in [3.8, 4) is 6.07 Å². The van der Waals surface area contributed by atoms with E-state index in [1.54, 1.807) is 11.3 Å². The van der Waals surface area contributed by atoms with E-state index in [0.717, 1.165) is 44.1 Å². The van der Waals surface area contributed by atoms with Gasteiger partial charge in [0.15, 0.2) is 5.78 Å². The summed E-state index contributed by atoms with van der Waals surface area (Å²) in [4.78, 5) is 17.2. The average Bonchev–Trinajstić information content (AvgIpc) is 3.02. The molecule has 1 aliphatic carbocycles. The summed E-state index contributed by atoms with van der Waals surface area (Å²) < 4.78 is 11.1. The molecule has 7 heteroatoms. The van der Waals surface area contributed by atoms with Crippen LogP contribution >= 0.6 is 11.3 Å². The molecule has 3 aliphatic rings. The number of carbonyl (C=O) groups excluding carboxylic acids is 1. The molecule has 0 spiro atoms. The predicted octanol–water partition coefficient (Wildman–Crippen LogP) is 2.70. The number of Topliss-reactive ketones (excluding diaryl/α,β-unsaturated/α-hetero) is 1. The highest BCUT2D eigenvalue weighted by molar-refractivity contribution is 7.12. The zero-order valence-corrected chi connectivity index (χ0v) is 16.2. The molecule has 0 bridgehead atoms. The van der Waals surface area contributed by atoms with E-state index in [1.165, 1.54) is 10.4 Å². The number of hydrogen-bond donors (Lipinski definition) is 1. The van der Waals surface area contributed by atoms with E-state index in [9.17, 15) is 10.1 Å². The zero-order chi connectivity index (χ0) is 19.0. The molecule has 0 aromatic carbocycles. The molecule has 2 aliphatic heterocycles. The van der Waals surface area contributed by atoms with Crippen LogP contribution in [0.5, 0.6) is 0 Å². The Labute approximate surface area is 162 Å². The third-order valence-electron chi connectivity index (χ3n) is 5.43. The lowest BCUT2D eigenvalue weighted by Gasteiger charge is -2.30. The maximum atomic E-state index is 12.7. The van der Waals surface area contributed by atoms with Gasteiger partial charge in [-0.15, -0.1) is 11.3 Å². The number of ether oxygens (including phenoxy) is 2. The fourth-order valence-electron chi connectivity index (χ4n) is 3.99. The van der Waals surface area contributed by atoms with Gasteiger partial charge in [-0.3, -0.25) is 9.69 Å². The Balaban J connectivity index is 1.70. The van der Waals surface area contributed by atoms with Crippen molar-refractivity contribution in [2.24, 2.45) is 5.73 Å². The van der Waals surface area contributed by atoms with Gasteiger partial charge >= 0.3 is 0 Å². The van der Waals surface area contributed by atoms with Crippen molar-refractivity contribution in [2.75, 3.05) is 26.3 Å². The first-order valence-electron chi connectivity index (χ1n) is 9.31. The largest absolute Gasteiger partial charge is 0.444 e. The number of carbonyl (C=O) groups is 1. The maximum absolute atomic E-state index is 12.7. The summed E-state index contributed by atoms with van der Waals surface area (Å²) in [7, 11) is 0. The van der Waals surface area contributed by atoms with Crippen molar-refractivity contribution in [3.05, 3.63) is 44.2 Å². The predicted molar refractivity (Wildman–Crippen MR) is 102 cm³/mol.